The molecule has 14 heavy (non-hydrogen) atoms. The van der Waals surface area contributed by atoms with Gasteiger partial charge in [0.05, 0.1) is 4.90 Å². The van der Waals surface area contributed by atoms with E-state index in [4.69, 9.17) is 5.14 Å². The largest absolute Gasteiger partial charge is 0.344 e. The molecule has 0 fully saturated rings. The summed E-state index contributed by atoms with van der Waals surface area (Å²) >= 11 is 0. The number of hydrogen-bond acceptors (Lipinski definition) is 3. The highest BCUT2D eigenvalue weighted by molar-refractivity contribution is 7.89. The van der Waals surface area contributed by atoms with Crippen LogP contribution >= 0.6 is 0 Å². The molecular formula is C9H14N2O2S. The smallest absolute Gasteiger partial charge is 0.238 e. The highest BCUT2D eigenvalue weighted by Gasteiger charge is 2.05. The molecule has 0 heterocycles. The molecule has 5 heteroatoms. The predicted octanol–water partition coefficient (Wildman–Crippen LogP) is 1.22. The van der Waals surface area contributed by atoms with Gasteiger partial charge in [-0.1, -0.05) is 18.2 Å². The summed E-state index contributed by atoms with van der Waals surface area (Å²) in [6, 6.07) is 6.44. The number of hydrogen-bond donors (Lipinski definition) is 2. The van der Waals surface area contributed by atoms with E-state index < -0.39 is 10.0 Å². The monoisotopic (exact) mass is 214 g/mol. The molecule has 5 N–H and O–H groups in total. The molecule has 0 aliphatic rings. The molecule has 0 spiro atoms. The summed E-state index contributed by atoms with van der Waals surface area (Å²) in [6.45, 7) is 3.58. The lowest BCUT2D eigenvalue weighted by molar-refractivity contribution is 0.598. The fourth-order valence-corrected chi connectivity index (χ4v) is 1.50. The zero-order chi connectivity index (χ0) is 9.90. The molecule has 1 aromatic carbocycles. The van der Waals surface area contributed by atoms with E-state index in [9.17, 15) is 8.42 Å². The van der Waals surface area contributed by atoms with Crippen molar-refractivity contribution in [2.75, 3.05) is 0 Å². The van der Waals surface area contributed by atoms with E-state index in [1.54, 1.807) is 18.2 Å². The molecule has 0 aliphatic carbocycles. The summed E-state index contributed by atoms with van der Waals surface area (Å²) in [6.07, 6.45) is 2.48. The van der Waals surface area contributed by atoms with Crippen LogP contribution in [-0.4, -0.2) is 8.42 Å². The third-order valence-electron chi connectivity index (χ3n) is 1.63. The number of primary sulfonamides is 1. The summed E-state index contributed by atoms with van der Waals surface area (Å²) in [4.78, 5) is 0.139. The number of rotatable bonds is 3. The van der Waals surface area contributed by atoms with Crippen LogP contribution in [0.25, 0.3) is 0 Å². The predicted molar refractivity (Wildman–Crippen MR) is 56.7 cm³/mol. The summed E-state index contributed by atoms with van der Waals surface area (Å²) in [5.74, 6) is 0. The van der Waals surface area contributed by atoms with Crippen molar-refractivity contribution >= 4 is 10.0 Å². The Bertz CT molecular complexity index is 395. The Balaban J connectivity index is 0.00000169. The summed E-state index contributed by atoms with van der Waals surface area (Å²) < 4.78 is 21.7. The first-order chi connectivity index (χ1) is 6.04. The molecule has 0 saturated heterocycles. The lowest BCUT2D eigenvalue weighted by Gasteiger charge is -1.99. The normalized spacial score (nSPS) is 10.4. The molecule has 0 atom stereocenters. The lowest BCUT2D eigenvalue weighted by atomic mass is 10.2. The van der Waals surface area contributed by atoms with Crippen LogP contribution < -0.4 is 11.3 Å². The van der Waals surface area contributed by atoms with Gasteiger partial charge in [0.1, 0.15) is 0 Å². The second-order valence-electron chi connectivity index (χ2n) is 2.68. The van der Waals surface area contributed by atoms with E-state index in [0.717, 1.165) is 12.0 Å². The topological polar surface area (TPSA) is 95.2 Å². The average molecular weight is 214 g/mol. The Morgan fingerprint density at radius 3 is 2.14 bits per heavy atom. The molecule has 0 bridgehead atoms. The Morgan fingerprint density at radius 1 is 1.29 bits per heavy atom. The molecule has 0 amide bonds. The second-order valence-corrected chi connectivity index (χ2v) is 4.24. The number of nitrogens with two attached hydrogens (primary N) is 1. The number of benzene rings is 1. The average Bonchev–Trinajstić information content (AvgIpc) is 2.04. The Morgan fingerprint density at radius 2 is 1.79 bits per heavy atom. The molecule has 1 rings (SSSR count). The minimum Gasteiger partial charge on any atom is -0.344 e. The van der Waals surface area contributed by atoms with Crippen LogP contribution in [0.5, 0.6) is 0 Å². The molecule has 0 aliphatic heterocycles. The van der Waals surface area contributed by atoms with Gasteiger partial charge >= 0.3 is 0 Å². The minimum atomic E-state index is -3.56. The number of allylic oxidation sites excluding steroid dienone is 1. The van der Waals surface area contributed by atoms with Crippen molar-refractivity contribution in [3.8, 4) is 0 Å². The fourth-order valence-electron chi connectivity index (χ4n) is 0.982. The van der Waals surface area contributed by atoms with E-state index in [-0.39, 0.29) is 11.0 Å². The highest BCUT2D eigenvalue weighted by atomic mass is 32.2. The van der Waals surface area contributed by atoms with Crippen LogP contribution in [0, 0.1) is 0 Å². The van der Waals surface area contributed by atoms with Gasteiger partial charge in [0.25, 0.3) is 0 Å². The Kier molecular flexibility index (Phi) is 4.49. The quantitative estimate of drug-likeness (QED) is 0.740. The second kappa shape index (κ2) is 4.90. The van der Waals surface area contributed by atoms with Gasteiger partial charge in [0.2, 0.25) is 10.0 Å². The standard InChI is InChI=1S/C9H11NO2S.H3N/c1-2-3-8-4-6-9(7-5-8)13(10,11)12;/h2,4-7H,1,3H2,(H2,10,11,12);1H3. The van der Waals surface area contributed by atoms with Gasteiger partial charge in [-0.2, -0.15) is 0 Å². The first-order valence-corrected chi connectivity index (χ1v) is 5.31. The van der Waals surface area contributed by atoms with Crippen molar-refractivity contribution in [2.45, 2.75) is 11.3 Å². The molecular weight excluding hydrogens is 200 g/mol. The van der Waals surface area contributed by atoms with E-state index in [1.807, 2.05) is 0 Å². The van der Waals surface area contributed by atoms with Gasteiger partial charge in [0.15, 0.2) is 0 Å². The van der Waals surface area contributed by atoms with Crippen LogP contribution in [0.3, 0.4) is 0 Å². The molecule has 0 saturated carbocycles. The zero-order valence-corrected chi connectivity index (χ0v) is 8.63. The third kappa shape index (κ3) is 3.29. The van der Waals surface area contributed by atoms with Gasteiger partial charge in [-0.05, 0) is 24.1 Å². The van der Waals surface area contributed by atoms with Crippen molar-refractivity contribution < 1.29 is 8.42 Å². The number of sulfonamides is 1. The van der Waals surface area contributed by atoms with Crippen molar-refractivity contribution in [1.29, 1.82) is 0 Å². The molecule has 0 aromatic heterocycles. The van der Waals surface area contributed by atoms with Crippen molar-refractivity contribution in [2.24, 2.45) is 5.14 Å². The first kappa shape index (κ1) is 12.8. The summed E-state index contributed by atoms with van der Waals surface area (Å²) in [5.41, 5.74) is 1.02. The van der Waals surface area contributed by atoms with Crippen LogP contribution in [0.1, 0.15) is 5.56 Å². The maximum atomic E-state index is 10.9. The van der Waals surface area contributed by atoms with Crippen molar-refractivity contribution in [1.82, 2.24) is 6.15 Å². The molecule has 0 radical (unpaired) electrons. The fraction of sp³-hybridized carbons (Fsp3) is 0.111. The van der Waals surface area contributed by atoms with Gasteiger partial charge in [-0.3, -0.25) is 0 Å². The van der Waals surface area contributed by atoms with E-state index in [2.05, 4.69) is 6.58 Å². The maximum Gasteiger partial charge on any atom is 0.238 e. The zero-order valence-electron chi connectivity index (χ0n) is 7.81. The summed E-state index contributed by atoms with van der Waals surface area (Å²) in [7, 11) is -3.56. The van der Waals surface area contributed by atoms with E-state index in [1.165, 1.54) is 12.1 Å². The van der Waals surface area contributed by atoms with Crippen LogP contribution in [0.4, 0.5) is 0 Å². The summed E-state index contributed by atoms with van der Waals surface area (Å²) in [5, 5.41) is 4.93. The SMILES string of the molecule is C=CCc1ccc(S(N)(=O)=O)cc1.N. The molecule has 78 valence electrons. The maximum absolute atomic E-state index is 10.9. The van der Waals surface area contributed by atoms with Crippen LogP contribution in [0.2, 0.25) is 0 Å². The minimum absolute atomic E-state index is 0. The van der Waals surface area contributed by atoms with Gasteiger partial charge in [-0.25, -0.2) is 13.6 Å². The van der Waals surface area contributed by atoms with Gasteiger partial charge < -0.3 is 6.15 Å². The van der Waals surface area contributed by atoms with E-state index >= 15 is 0 Å². The van der Waals surface area contributed by atoms with Gasteiger partial charge in [-0.15, -0.1) is 6.58 Å². The van der Waals surface area contributed by atoms with Crippen molar-refractivity contribution in [3.63, 3.8) is 0 Å². The molecule has 1 aromatic rings. The molecule has 0 unspecified atom stereocenters. The van der Waals surface area contributed by atoms with Crippen LogP contribution in [-0.2, 0) is 16.4 Å². The highest BCUT2D eigenvalue weighted by Crippen LogP contribution is 2.08. The third-order valence-corrected chi connectivity index (χ3v) is 2.56. The van der Waals surface area contributed by atoms with Crippen molar-refractivity contribution in [3.05, 3.63) is 42.5 Å². The first-order valence-electron chi connectivity index (χ1n) is 3.76. The molecule has 4 nitrogen and oxygen atoms in total. The van der Waals surface area contributed by atoms with Crippen LogP contribution in [0.15, 0.2) is 41.8 Å². The Labute approximate surface area is 84.1 Å². The lowest BCUT2D eigenvalue weighted by Crippen LogP contribution is -2.11. The van der Waals surface area contributed by atoms with E-state index in [0.29, 0.717) is 0 Å². The Hall–Kier alpha value is -1.17. The van der Waals surface area contributed by atoms with Gasteiger partial charge in [0, 0.05) is 0 Å².